The van der Waals surface area contributed by atoms with Crippen molar-refractivity contribution >= 4 is 11.9 Å². The number of aliphatic hydroxyl groups excluding tert-OH is 1. The van der Waals surface area contributed by atoms with Crippen LogP contribution >= 0.6 is 0 Å². The van der Waals surface area contributed by atoms with Crippen molar-refractivity contribution in [2.24, 2.45) is 5.92 Å². The first-order valence-electron chi connectivity index (χ1n) is 8.51. The predicted molar refractivity (Wildman–Crippen MR) is 91.2 cm³/mol. The third-order valence-corrected chi connectivity index (χ3v) is 4.45. The molecular formula is C16H23N3O8. The number of carboxylic acid groups (broad SMARTS) is 2. The normalized spacial score (nSPS) is 23.3. The third kappa shape index (κ3) is 5.49. The van der Waals surface area contributed by atoms with E-state index in [0.29, 0.717) is 5.56 Å². The molecule has 0 aliphatic carbocycles. The van der Waals surface area contributed by atoms with Crippen LogP contribution in [0.15, 0.2) is 15.8 Å². The van der Waals surface area contributed by atoms with Crippen molar-refractivity contribution in [1.29, 1.82) is 0 Å². The van der Waals surface area contributed by atoms with Crippen LogP contribution in [0.2, 0.25) is 0 Å². The number of nitrogens with one attached hydrogen (secondary N) is 2. The standard InChI is InChI=1S/C16H23N3O8/c1-8-7-19(16(26)18-13(8)24)15-9(2-3-11(20)21)6-10(27-15)14(25)17-5-4-12(22)23/h7,9-10,14-15,17,25H,2-6H2,1H3,(H,20,21)(H,22,23)(H,18,24,26)/t9?,10-,14?,15+/m0/s1. The van der Waals surface area contributed by atoms with Gasteiger partial charge in [-0.2, -0.15) is 0 Å². The molecule has 1 aromatic rings. The zero-order valence-corrected chi connectivity index (χ0v) is 14.8. The van der Waals surface area contributed by atoms with Crippen molar-refractivity contribution < 1.29 is 29.6 Å². The summed E-state index contributed by atoms with van der Waals surface area (Å²) in [7, 11) is 0. The van der Waals surface area contributed by atoms with E-state index in [9.17, 15) is 24.3 Å². The summed E-state index contributed by atoms with van der Waals surface area (Å²) in [5.41, 5.74) is -0.924. The summed E-state index contributed by atoms with van der Waals surface area (Å²) in [6.45, 7) is 1.55. The Hall–Kier alpha value is -2.50. The van der Waals surface area contributed by atoms with Gasteiger partial charge < -0.3 is 20.1 Å². The van der Waals surface area contributed by atoms with E-state index in [0.717, 1.165) is 0 Å². The van der Waals surface area contributed by atoms with Crippen molar-refractivity contribution in [1.82, 2.24) is 14.9 Å². The molecule has 0 bridgehead atoms. The molecule has 150 valence electrons. The molecule has 2 heterocycles. The fourth-order valence-corrected chi connectivity index (χ4v) is 3.06. The highest BCUT2D eigenvalue weighted by Gasteiger charge is 2.40. The summed E-state index contributed by atoms with van der Waals surface area (Å²) in [6.07, 6.45) is -1.30. The number of hydrogen-bond donors (Lipinski definition) is 5. The third-order valence-electron chi connectivity index (χ3n) is 4.45. The van der Waals surface area contributed by atoms with E-state index >= 15 is 0 Å². The predicted octanol–water partition coefficient (Wildman–Crippen LogP) is -1.00. The summed E-state index contributed by atoms with van der Waals surface area (Å²) < 4.78 is 6.96. The Morgan fingerprint density at radius 3 is 2.63 bits per heavy atom. The minimum Gasteiger partial charge on any atom is -0.481 e. The Labute approximate surface area is 153 Å². The smallest absolute Gasteiger partial charge is 0.330 e. The Balaban J connectivity index is 2.18. The number of aromatic amines is 1. The van der Waals surface area contributed by atoms with Crippen molar-refractivity contribution in [3.05, 3.63) is 32.6 Å². The minimum atomic E-state index is -1.18. The first-order chi connectivity index (χ1) is 12.7. The molecule has 0 aromatic carbocycles. The van der Waals surface area contributed by atoms with Crippen molar-refractivity contribution in [3.63, 3.8) is 0 Å². The lowest BCUT2D eigenvalue weighted by Crippen LogP contribution is -2.41. The van der Waals surface area contributed by atoms with E-state index in [-0.39, 0.29) is 38.1 Å². The molecule has 27 heavy (non-hydrogen) atoms. The maximum absolute atomic E-state index is 12.2. The maximum atomic E-state index is 12.2. The minimum absolute atomic E-state index is 0.0263. The van der Waals surface area contributed by atoms with Gasteiger partial charge in [-0.3, -0.25) is 29.3 Å². The largest absolute Gasteiger partial charge is 0.481 e. The molecule has 0 amide bonds. The zero-order valence-electron chi connectivity index (χ0n) is 14.8. The van der Waals surface area contributed by atoms with Crippen LogP contribution in [0.5, 0.6) is 0 Å². The molecule has 4 atom stereocenters. The summed E-state index contributed by atoms with van der Waals surface area (Å²) in [5.74, 6) is -2.40. The number of aliphatic hydroxyl groups is 1. The van der Waals surface area contributed by atoms with Gasteiger partial charge in [0, 0.05) is 30.6 Å². The fraction of sp³-hybridized carbons (Fsp3) is 0.625. The zero-order chi connectivity index (χ0) is 20.1. The Morgan fingerprint density at radius 2 is 2.00 bits per heavy atom. The van der Waals surface area contributed by atoms with Gasteiger partial charge in [0.25, 0.3) is 5.56 Å². The molecule has 1 aromatic heterocycles. The van der Waals surface area contributed by atoms with Crippen molar-refractivity contribution in [3.8, 4) is 0 Å². The lowest BCUT2D eigenvalue weighted by atomic mass is 9.96. The molecule has 1 aliphatic rings. The number of nitrogens with zero attached hydrogens (tertiary/aromatic N) is 1. The number of rotatable bonds is 9. The second-order valence-electron chi connectivity index (χ2n) is 6.51. The SMILES string of the molecule is Cc1cn([C@@H]2O[C@H](C(O)NCCC(=O)O)CC2CCC(=O)O)c(=O)[nH]c1=O. The van der Waals surface area contributed by atoms with Gasteiger partial charge in [0.15, 0.2) is 0 Å². The number of hydrogen-bond acceptors (Lipinski definition) is 7. The van der Waals surface area contributed by atoms with Crippen molar-refractivity contribution in [2.75, 3.05) is 6.54 Å². The summed E-state index contributed by atoms with van der Waals surface area (Å²) in [4.78, 5) is 47.4. The lowest BCUT2D eigenvalue weighted by Gasteiger charge is -2.22. The molecule has 1 aliphatic heterocycles. The van der Waals surface area contributed by atoms with E-state index in [1.807, 2.05) is 0 Å². The maximum Gasteiger partial charge on any atom is 0.330 e. The van der Waals surface area contributed by atoms with E-state index in [2.05, 4.69) is 10.3 Å². The number of H-pyrrole nitrogens is 1. The van der Waals surface area contributed by atoms with Gasteiger partial charge in [-0.25, -0.2) is 4.79 Å². The van der Waals surface area contributed by atoms with Crippen LogP contribution in [0.25, 0.3) is 0 Å². The molecule has 0 saturated carbocycles. The first-order valence-corrected chi connectivity index (χ1v) is 8.51. The number of carbonyl (C=O) groups is 2. The van der Waals surface area contributed by atoms with E-state index < -0.39 is 41.7 Å². The fourth-order valence-electron chi connectivity index (χ4n) is 3.06. The van der Waals surface area contributed by atoms with Gasteiger partial charge in [0.05, 0.1) is 12.5 Å². The molecule has 11 heteroatoms. The summed E-state index contributed by atoms with van der Waals surface area (Å²) in [5, 5.41) is 30.4. The molecular weight excluding hydrogens is 362 g/mol. The number of aryl methyl sites for hydroxylation is 1. The first kappa shape index (κ1) is 20.8. The molecule has 1 saturated heterocycles. The van der Waals surface area contributed by atoms with Crippen LogP contribution in [0.1, 0.15) is 37.5 Å². The monoisotopic (exact) mass is 385 g/mol. The average Bonchev–Trinajstić information content (AvgIpc) is 3.00. The second kappa shape index (κ2) is 8.93. The Kier molecular flexibility index (Phi) is 6.88. The summed E-state index contributed by atoms with van der Waals surface area (Å²) >= 11 is 0. The average molecular weight is 385 g/mol. The molecule has 11 nitrogen and oxygen atoms in total. The Bertz CT molecular complexity index is 802. The molecule has 0 radical (unpaired) electrons. The topological polar surface area (TPSA) is 171 Å². The molecule has 5 N–H and O–H groups in total. The number of ether oxygens (including phenoxy) is 1. The van der Waals surface area contributed by atoms with Crippen LogP contribution in [0.3, 0.4) is 0 Å². The molecule has 1 fully saturated rings. The Morgan fingerprint density at radius 1 is 1.33 bits per heavy atom. The molecule has 2 rings (SSSR count). The van der Waals surface area contributed by atoms with E-state index in [1.165, 1.54) is 17.7 Å². The van der Waals surface area contributed by atoms with Crippen LogP contribution < -0.4 is 16.6 Å². The van der Waals surface area contributed by atoms with Gasteiger partial charge in [-0.05, 0) is 19.8 Å². The van der Waals surface area contributed by atoms with Crippen LogP contribution in [-0.2, 0) is 14.3 Å². The van der Waals surface area contributed by atoms with Gasteiger partial charge in [0.1, 0.15) is 12.5 Å². The van der Waals surface area contributed by atoms with Crippen LogP contribution in [0, 0.1) is 12.8 Å². The number of aromatic nitrogens is 2. The highest BCUT2D eigenvalue weighted by molar-refractivity contribution is 5.67. The van der Waals surface area contributed by atoms with Gasteiger partial charge in [-0.1, -0.05) is 0 Å². The number of aliphatic carboxylic acids is 2. The van der Waals surface area contributed by atoms with Gasteiger partial charge in [0.2, 0.25) is 0 Å². The van der Waals surface area contributed by atoms with Crippen LogP contribution in [-0.4, -0.2) is 55.7 Å². The molecule has 0 spiro atoms. The van der Waals surface area contributed by atoms with Gasteiger partial charge >= 0.3 is 17.6 Å². The second-order valence-corrected chi connectivity index (χ2v) is 6.51. The summed E-state index contributed by atoms with van der Waals surface area (Å²) in [6, 6.07) is 0. The highest BCUT2D eigenvalue weighted by atomic mass is 16.5. The quantitative estimate of drug-likeness (QED) is 0.334. The van der Waals surface area contributed by atoms with Gasteiger partial charge in [-0.15, -0.1) is 0 Å². The lowest BCUT2D eigenvalue weighted by molar-refractivity contribution is -0.138. The highest BCUT2D eigenvalue weighted by Crippen LogP contribution is 2.37. The van der Waals surface area contributed by atoms with E-state index in [1.54, 1.807) is 0 Å². The van der Waals surface area contributed by atoms with Crippen molar-refractivity contribution in [2.45, 2.75) is 51.2 Å². The number of carboxylic acids is 2. The molecule has 2 unspecified atom stereocenters. The van der Waals surface area contributed by atoms with E-state index in [4.69, 9.17) is 14.9 Å². The van der Waals surface area contributed by atoms with Crippen LogP contribution in [0.4, 0.5) is 0 Å².